The van der Waals surface area contributed by atoms with Gasteiger partial charge in [0, 0.05) is 12.4 Å². The normalized spacial score (nSPS) is 17.9. The molecule has 0 aromatic heterocycles. The first-order valence-corrected chi connectivity index (χ1v) is 6.13. The van der Waals surface area contributed by atoms with Gasteiger partial charge in [-0.15, -0.1) is 11.6 Å². The largest absolute Gasteiger partial charge is 0.291 e. The van der Waals surface area contributed by atoms with Gasteiger partial charge in [-0.1, -0.05) is 12.1 Å². The summed E-state index contributed by atoms with van der Waals surface area (Å²) in [5.74, 6) is -0.176. The smallest absolute Gasteiger partial charge is 0.241 e. The lowest BCUT2D eigenvalue weighted by Crippen LogP contribution is -2.40. The molecule has 17 heavy (non-hydrogen) atoms. The van der Waals surface area contributed by atoms with Crippen molar-refractivity contribution in [3.8, 4) is 0 Å². The molecule has 1 unspecified atom stereocenters. The molecule has 92 valence electrons. The number of alkyl halides is 1. The Morgan fingerprint density at radius 2 is 2.35 bits per heavy atom. The van der Waals surface area contributed by atoms with Crippen molar-refractivity contribution >= 4 is 17.5 Å². The van der Waals surface area contributed by atoms with E-state index in [4.69, 9.17) is 11.6 Å². The van der Waals surface area contributed by atoms with Gasteiger partial charge in [-0.2, -0.15) is 0 Å². The van der Waals surface area contributed by atoms with Crippen LogP contribution in [0.15, 0.2) is 18.2 Å². The Kier molecular flexibility index (Phi) is 3.97. The number of nitrogens with one attached hydrogen (secondary N) is 2. The zero-order chi connectivity index (χ0) is 12.3. The van der Waals surface area contributed by atoms with Crippen LogP contribution in [0.5, 0.6) is 0 Å². The van der Waals surface area contributed by atoms with Crippen molar-refractivity contribution in [3.05, 3.63) is 35.1 Å². The molecule has 1 atom stereocenters. The van der Waals surface area contributed by atoms with Crippen LogP contribution in [0.4, 0.5) is 4.39 Å². The van der Waals surface area contributed by atoms with Crippen LogP contribution in [0.1, 0.15) is 23.5 Å². The van der Waals surface area contributed by atoms with Crippen molar-refractivity contribution in [2.24, 2.45) is 0 Å². The number of hydrogen-bond donors (Lipinski definition) is 2. The van der Waals surface area contributed by atoms with Crippen LogP contribution in [-0.4, -0.2) is 18.3 Å². The predicted octanol–water partition coefficient (Wildman–Crippen LogP) is 1.72. The highest BCUT2D eigenvalue weighted by molar-refractivity contribution is 6.18. The number of rotatable bonds is 4. The summed E-state index contributed by atoms with van der Waals surface area (Å²) in [4.78, 5) is 11.9. The second-order valence-electron chi connectivity index (χ2n) is 4.00. The number of carbonyl (C=O) groups excluding carboxylic acids is 1. The van der Waals surface area contributed by atoms with Gasteiger partial charge in [-0.3, -0.25) is 10.2 Å². The quantitative estimate of drug-likeness (QED) is 0.489. The van der Waals surface area contributed by atoms with Gasteiger partial charge in [0.1, 0.15) is 5.82 Å². The second-order valence-corrected chi connectivity index (χ2v) is 4.38. The predicted molar refractivity (Wildman–Crippen MR) is 64.3 cm³/mol. The van der Waals surface area contributed by atoms with Crippen LogP contribution in [0, 0.1) is 5.82 Å². The number of benzene rings is 1. The van der Waals surface area contributed by atoms with E-state index in [9.17, 15) is 9.18 Å². The minimum absolute atomic E-state index is 0.125. The van der Waals surface area contributed by atoms with Gasteiger partial charge in [0.2, 0.25) is 5.91 Å². The molecule has 2 N–H and O–H groups in total. The summed E-state index contributed by atoms with van der Waals surface area (Å²) in [5.41, 5.74) is 6.79. The highest BCUT2D eigenvalue weighted by Gasteiger charge is 2.29. The van der Waals surface area contributed by atoms with Crippen LogP contribution < -0.4 is 10.9 Å². The van der Waals surface area contributed by atoms with Gasteiger partial charge >= 0.3 is 0 Å². The molecule has 1 aliphatic rings. The van der Waals surface area contributed by atoms with E-state index < -0.39 is 0 Å². The summed E-state index contributed by atoms with van der Waals surface area (Å²) in [6, 6.07) is 4.90. The highest BCUT2D eigenvalue weighted by atomic mass is 35.5. The van der Waals surface area contributed by atoms with Gasteiger partial charge in [0.05, 0.1) is 5.92 Å². The maximum atomic E-state index is 13.5. The van der Waals surface area contributed by atoms with Crippen molar-refractivity contribution in [3.63, 3.8) is 0 Å². The van der Waals surface area contributed by atoms with E-state index in [0.717, 1.165) is 5.56 Å². The van der Waals surface area contributed by atoms with E-state index in [-0.39, 0.29) is 17.6 Å². The van der Waals surface area contributed by atoms with Gasteiger partial charge in [0.15, 0.2) is 0 Å². The van der Waals surface area contributed by atoms with Crippen molar-refractivity contribution in [2.45, 2.75) is 18.8 Å². The number of amides is 1. The number of fused-ring (bicyclic) bond motifs is 1. The Labute approximate surface area is 104 Å². The lowest BCUT2D eigenvalue weighted by Gasteiger charge is -2.12. The zero-order valence-corrected chi connectivity index (χ0v) is 10.1. The third-order valence-electron chi connectivity index (χ3n) is 2.96. The molecule has 3 nitrogen and oxygen atoms in total. The minimum atomic E-state index is -0.261. The van der Waals surface area contributed by atoms with E-state index in [1.165, 1.54) is 6.07 Å². The number of hydrogen-bond acceptors (Lipinski definition) is 2. The molecule has 1 aromatic rings. The van der Waals surface area contributed by atoms with Crippen LogP contribution >= 0.6 is 11.6 Å². The summed E-state index contributed by atoms with van der Waals surface area (Å²) < 4.78 is 13.5. The Morgan fingerprint density at radius 3 is 3.12 bits per heavy atom. The maximum Gasteiger partial charge on any atom is 0.241 e. The molecule has 1 aromatic carbocycles. The molecule has 0 spiro atoms. The maximum absolute atomic E-state index is 13.5. The number of carbonyl (C=O) groups is 1. The summed E-state index contributed by atoms with van der Waals surface area (Å²) in [7, 11) is 0. The summed E-state index contributed by atoms with van der Waals surface area (Å²) in [6.07, 6.45) is 1.28. The third-order valence-corrected chi connectivity index (χ3v) is 3.15. The van der Waals surface area contributed by atoms with E-state index in [1.54, 1.807) is 6.07 Å². The number of halogens is 2. The topological polar surface area (TPSA) is 41.1 Å². The van der Waals surface area contributed by atoms with Gasteiger partial charge in [-0.25, -0.2) is 9.82 Å². The first kappa shape index (κ1) is 12.3. The Balaban J connectivity index is 2.06. The Hall–Kier alpha value is -1.13. The zero-order valence-electron chi connectivity index (χ0n) is 9.30. The van der Waals surface area contributed by atoms with Crippen LogP contribution in [0.3, 0.4) is 0 Å². The molecular formula is C12H14ClFN2O. The molecule has 5 heteroatoms. The summed E-state index contributed by atoms with van der Waals surface area (Å²) in [5, 5.41) is 0. The molecule has 0 saturated heterocycles. The molecule has 0 bridgehead atoms. The van der Waals surface area contributed by atoms with E-state index in [1.807, 2.05) is 6.07 Å². The molecule has 0 fully saturated rings. The summed E-state index contributed by atoms with van der Waals surface area (Å²) >= 11 is 5.48. The Bertz CT molecular complexity index is 425. The van der Waals surface area contributed by atoms with Gasteiger partial charge in [0.25, 0.3) is 0 Å². The molecule has 0 aliphatic heterocycles. The first-order valence-electron chi connectivity index (χ1n) is 5.60. The molecule has 0 radical (unpaired) electrons. The van der Waals surface area contributed by atoms with Crippen LogP contribution in [0.2, 0.25) is 0 Å². The van der Waals surface area contributed by atoms with Crippen molar-refractivity contribution in [2.75, 3.05) is 12.4 Å². The highest BCUT2D eigenvalue weighted by Crippen LogP contribution is 2.34. The van der Waals surface area contributed by atoms with Crippen molar-refractivity contribution in [1.29, 1.82) is 0 Å². The molecule has 0 heterocycles. The first-order chi connectivity index (χ1) is 8.24. The van der Waals surface area contributed by atoms with Crippen LogP contribution in [-0.2, 0) is 11.2 Å². The average Bonchev–Trinajstić information content (AvgIpc) is 2.74. The average molecular weight is 257 g/mol. The monoisotopic (exact) mass is 256 g/mol. The van der Waals surface area contributed by atoms with Gasteiger partial charge < -0.3 is 0 Å². The molecule has 1 amide bonds. The van der Waals surface area contributed by atoms with Gasteiger partial charge in [-0.05, 0) is 30.0 Å². The summed E-state index contributed by atoms with van der Waals surface area (Å²) in [6.45, 7) is 0.510. The Morgan fingerprint density at radius 1 is 1.53 bits per heavy atom. The van der Waals surface area contributed by atoms with E-state index in [0.29, 0.717) is 30.8 Å². The molecule has 2 rings (SSSR count). The van der Waals surface area contributed by atoms with Crippen molar-refractivity contribution < 1.29 is 9.18 Å². The fourth-order valence-corrected chi connectivity index (χ4v) is 2.26. The van der Waals surface area contributed by atoms with E-state index >= 15 is 0 Å². The van der Waals surface area contributed by atoms with E-state index in [2.05, 4.69) is 10.9 Å². The number of hydrazine groups is 1. The lowest BCUT2D eigenvalue weighted by molar-refractivity contribution is -0.123. The second kappa shape index (κ2) is 5.47. The minimum Gasteiger partial charge on any atom is -0.291 e. The molecule has 1 aliphatic carbocycles. The molecular weight excluding hydrogens is 243 g/mol. The van der Waals surface area contributed by atoms with Crippen molar-refractivity contribution in [1.82, 2.24) is 10.9 Å². The molecule has 0 saturated carbocycles. The lowest BCUT2D eigenvalue weighted by atomic mass is 10.0. The fourth-order valence-electron chi connectivity index (χ4n) is 2.17. The third kappa shape index (κ3) is 2.58. The van der Waals surface area contributed by atoms with Crippen LogP contribution in [0.25, 0.3) is 0 Å². The standard InChI is InChI=1S/C12H14ClFN2O/c13-6-7-15-16-12(17)10-5-4-9-8(10)2-1-3-11(9)14/h1-3,10,15H,4-7H2,(H,16,17). The SMILES string of the molecule is O=C(NNCCCl)C1CCc2c(F)cccc21. The fraction of sp³-hybridized carbons (Fsp3) is 0.417.